The summed E-state index contributed by atoms with van der Waals surface area (Å²) in [5.41, 5.74) is 5.95. The van der Waals surface area contributed by atoms with Crippen LogP contribution in [0.2, 0.25) is 0 Å². The van der Waals surface area contributed by atoms with Gasteiger partial charge in [0.25, 0.3) is 0 Å². The summed E-state index contributed by atoms with van der Waals surface area (Å²) < 4.78 is 0. The Morgan fingerprint density at radius 2 is 2.30 bits per heavy atom. The van der Waals surface area contributed by atoms with E-state index < -0.39 is 0 Å². The Kier molecular flexibility index (Phi) is 3.57. The van der Waals surface area contributed by atoms with Crippen molar-refractivity contribution in [2.24, 2.45) is 11.7 Å². The van der Waals surface area contributed by atoms with Crippen LogP contribution in [0.3, 0.4) is 0 Å². The summed E-state index contributed by atoms with van der Waals surface area (Å²) in [5.74, 6) is 2.10. The van der Waals surface area contributed by atoms with Crippen LogP contribution in [-0.2, 0) is 0 Å². The summed E-state index contributed by atoms with van der Waals surface area (Å²) in [5, 5.41) is 0. The Labute approximate surface area is 67.8 Å². The first-order chi connectivity index (χ1) is 4.84. The molecular weight excluding hydrogens is 142 g/mol. The first-order valence-corrected chi connectivity index (χ1v) is 5.48. The van der Waals surface area contributed by atoms with Gasteiger partial charge < -0.3 is 5.73 Å². The molecule has 1 atom stereocenters. The normalized spacial score (nSPS) is 22.2. The van der Waals surface area contributed by atoms with E-state index in [0.717, 1.165) is 5.92 Å². The third kappa shape index (κ3) is 2.17. The van der Waals surface area contributed by atoms with Crippen molar-refractivity contribution in [2.75, 3.05) is 12.0 Å². The van der Waals surface area contributed by atoms with Crippen LogP contribution in [0.15, 0.2) is 0 Å². The van der Waals surface area contributed by atoms with Crippen molar-refractivity contribution in [3.05, 3.63) is 0 Å². The zero-order chi connectivity index (χ0) is 7.40. The molecule has 2 heteroatoms. The highest BCUT2D eigenvalue weighted by atomic mass is 32.2. The van der Waals surface area contributed by atoms with Gasteiger partial charge in [0.05, 0.1) is 0 Å². The van der Waals surface area contributed by atoms with Gasteiger partial charge in [0.2, 0.25) is 0 Å². The highest BCUT2D eigenvalue weighted by Gasteiger charge is 2.23. The van der Waals surface area contributed by atoms with Crippen LogP contribution in [-0.4, -0.2) is 18.1 Å². The predicted molar refractivity (Wildman–Crippen MR) is 48.3 cm³/mol. The quantitative estimate of drug-likeness (QED) is 0.677. The van der Waals surface area contributed by atoms with Crippen molar-refractivity contribution >= 4 is 11.8 Å². The monoisotopic (exact) mass is 159 g/mol. The van der Waals surface area contributed by atoms with E-state index in [1.807, 2.05) is 11.8 Å². The molecule has 0 heterocycles. The molecule has 1 rings (SSSR count). The molecule has 0 aliphatic heterocycles. The van der Waals surface area contributed by atoms with Gasteiger partial charge in [-0.1, -0.05) is 6.42 Å². The minimum atomic E-state index is 0.501. The van der Waals surface area contributed by atoms with Gasteiger partial charge in [-0.3, -0.25) is 0 Å². The van der Waals surface area contributed by atoms with Gasteiger partial charge in [0, 0.05) is 6.04 Å². The molecule has 1 aliphatic carbocycles. The zero-order valence-corrected chi connectivity index (χ0v) is 7.49. The fourth-order valence-corrected chi connectivity index (χ4v) is 1.87. The number of thioether (sulfide) groups is 1. The summed E-state index contributed by atoms with van der Waals surface area (Å²) in [4.78, 5) is 0. The minimum Gasteiger partial charge on any atom is -0.327 e. The molecule has 1 fully saturated rings. The fourth-order valence-electron chi connectivity index (χ4n) is 1.36. The molecule has 0 radical (unpaired) electrons. The van der Waals surface area contributed by atoms with Crippen LogP contribution >= 0.6 is 11.8 Å². The lowest BCUT2D eigenvalue weighted by atomic mass is 9.79. The smallest absolute Gasteiger partial charge is 0.00750 e. The molecule has 1 saturated carbocycles. The first-order valence-electron chi connectivity index (χ1n) is 4.09. The Bertz CT molecular complexity index is 91.3. The summed E-state index contributed by atoms with van der Waals surface area (Å²) in [6, 6.07) is 0.501. The van der Waals surface area contributed by atoms with Crippen LogP contribution in [0.5, 0.6) is 0 Å². The SMILES string of the molecule is CSCCC(N)C1CCC1. The Hall–Kier alpha value is 0.310. The molecule has 1 aliphatic rings. The van der Waals surface area contributed by atoms with Crippen molar-refractivity contribution in [3.8, 4) is 0 Å². The predicted octanol–water partition coefficient (Wildman–Crippen LogP) is 1.87. The van der Waals surface area contributed by atoms with Gasteiger partial charge in [-0.05, 0) is 37.2 Å². The number of rotatable bonds is 4. The molecule has 10 heavy (non-hydrogen) atoms. The molecule has 0 aromatic rings. The second-order valence-electron chi connectivity index (χ2n) is 3.14. The molecule has 0 saturated heterocycles. The van der Waals surface area contributed by atoms with Crippen LogP contribution < -0.4 is 5.73 Å². The van der Waals surface area contributed by atoms with Crippen LogP contribution in [0, 0.1) is 5.92 Å². The third-order valence-electron chi connectivity index (χ3n) is 2.41. The van der Waals surface area contributed by atoms with Gasteiger partial charge in [-0.15, -0.1) is 0 Å². The summed E-state index contributed by atoms with van der Waals surface area (Å²) in [6.45, 7) is 0. The van der Waals surface area contributed by atoms with Gasteiger partial charge >= 0.3 is 0 Å². The van der Waals surface area contributed by atoms with E-state index in [1.54, 1.807) is 0 Å². The van der Waals surface area contributed by atoms with E-state index >= 15 is 0 Å². The number of hydrogen-bond acceptors (Lipinski definition) is 2. The number of nitrogens with two attached hydrogens (primary N) is 1. The molecular formula is C8H17NS. The molecule has 1 nitrogen and oxygen atoms in total. The van der Waals surface area contributed by atoms with Crippen molar-refractivity contribution in [2.45, 2.75) is 31.7 Å². The second kappa shape index (κ2) is 4.24. The standard InChI is InChI=1S/C8H17NS/c1-10-6-5-8(9)7-3-2-4-7/h7-8H,2-6,9H2,1H3. The highest BCUT2D eigenvalue weighted by molar-refractivity contribution is 7.98. The summed E-state index contributed by atoms with van der Waals surface area (Å²) in [6.07, 6.45) is 7.54. The van der Waals surface area contributed by atoms with E-state index in [9.17, 15) is 0 Å². The number of hydrogen-bond donors (Lipinski definition) is 1. The van der Waals surface area contributed by atoms with Crippen molar-refractivity contribution in [1.82, 2.24) is 0 Å². The summed E-state index contributed by atoms with van der Waals surface area (Å²) in [7, 11) is 0. The molecule has 0 spiro atoms. The average Bonchev–Trinajstić information content (AvgIpc) is 1.79. The van der Waals surface area contributed by atoms with E-state index in [4.69, 9.17) is 5.73 Å². The lowest BCUT2D eigenvalue weighted by Gasteiger charge is -2.31. The lowest BCUT2D eigenvalue weighted by molar-refractivity contribution is 0.258. The molecule has 0 amide bonds. The largest absolute Gasteiger partial charge is 0.327 e. The molecule has 1 unspecified atom stereocenters. The third-order valence-corrected chi connectivity index (χ3v) is 3.05. The van der Waals surface area contributed by atoms with Gasteiger partial charge in [0.15, 0.2) is 0 Å². The van der Waals surface area contributed by atoms with E-state index in [2.05, 4.69) is 6.26 Å². The van der Waals surface area contributed by atoms with Crippen LogP contribution in [0.4, 0.5) is 0 Å². The highest BCUT2D eigenvalue weighted by Crippen LogP contribution is 2.29. The first kappa shape index (κ1) is 8.41. The zero-order valence-electron chi connectivity index (χ0n) is 6.68. The molecule has 0 aromatic carbocycles. The lowest BCUT2D eigenvalue weighted by Crippen LogP contribution is -2.34. The average molecular weight is 159 g/mol. The Balaban J connectivity index is 2.02. The molecule has 60 valence electrons. The Morgan fingerprint density at radius 1 is 1.60 bits per heavy atom. The maximum absolute atomic E-state index is 5.95. The Morgan fingerprint density at radius 3 is 2.70 bits per heavy atom. The second-order valence-corrected chi connectivity index (χ2v) is 4.12. The summed E-state index contributed by atoms with van der Waals surface area (Å²) >= 11 is 1.90. The fraction of sp³-hybridized carbons (Fsp3) is 1.00. The minimum absolute atomic E-state index is 0.501. The molecule has 0 bridgehead atoms. The topological polar surface area (TPSA) is 26.0 Å². The maximum atomic E-state index is 5.95. The molecule has 0 aromatic heterocycles. The van der Waals surface area contributed by atoms with E-state index in [1.165, 1.54) is 31.4 Å². The van der Waals surface area contributed by atoms with Gasteiger partial charge in [-0.2, -0.15) is 11.8 Å². The van der Waals surface area contributed by atoms with E-state index in [-0.39, 0.29) is 0 Å². The van der Waals surface area contributed by atoms with Crippen LogP contribution in [0.1, 0.15) is 25.7 Å². The maximum Gasteiger partial charge on any atom is 0.00750 e. The van der Waals surface area contributed by atoms with E-state index in [0.29, 0.717) is 6.04 Å². The molecule has 2 N–H and O–H groups in total. The van der Waals surface area contributed by atoms with Crippen LogP contribution in [0.25, 0.3) is 0 Å². The van der Waals surface area contributed by atoms with Crippen molar-refractivity contribution < 1.29 is 0 Å². The van der Waals surface area contributed by atoms with Crippen molar-refractivity contribution in [1.29, 1.82) is 0 Å². The van der Waals surface area contributed by atoms with Crippen molar-refractivity contribution in [3.63, 3.8) is 0 Å². The van der Waals surface area contributed by atoms with Gasteiger partial charge in [0.1, 0.15) is 0 Å². The van der Waals surface area contributed by atoms with Gasteiger partial charge in [-0.25, -0.2) is 0 Å².